The Morgan fingerprint density at radius 1 is 1.23 bits per heavy atom. The monoisotopic (exact) mass is 308 g/mol. The number of amides is 3. The number of hydrogen-bond donors (Lipinski definition) is 2. The Hall–Kier alpha value is -2.15. The van der Waals surface area contributed by atoms with Crippen molar-refractivity contribution in [2.75, 3.05) is 45.1 Å². The fourth-order valence-electron chi connectivity index (χ4n) is 2.34. The van der Waals surface area contributed by atoms with Crippen molar-refractivity contribution in [1.82, 2.24) is 15.1 Å². The molecule has 0 bridgehead atoms. The van der Waals surface area contributed by atoms with Crippen LogP contribution in [0.15, 0.2) is 18.2 Å². The minimum atomic E-state index is -0.627. The highest BCUT2D eigenvalue weighted by molar-refractivity contribution is 6.03. The van der Waals surface area contributed by atoms with E-state index >= 15 is 0 Å². The van der Waals surface area contributed by atoms with E-state index in [0.29, 0.717) is 19.6 Å². The molecular weight excluding hydrogens is 287 g/mol. The summed E-state index contributed by atoms with van der Waals surface area (Å²) >= 11 is 0. The summed E-state index contributed by atoms with van der Waals surface area (Å²) in [6, 6.07) is 3.77. The summed E-state index contributed by atoms with van der Waals surface area (Å²) in [5.41, 5.74) is 0.105. The lowest BCUT2D eigenvalue weighted by atomic mass is 10.1. The maximum atomic E-state index is 14.1. The van der Waals surface area contributed by atoms with E-state index in [1.807, 2.05) is 7.05 Å². The molecule has 3 amide bonds. The van der Waals surface area contributed by atoms with Crippen LogP contribution in [0.2, 0.25) is 0 Å². The van der Waals surface area contributed by atoms with Crippen LogP contribution in [-0.2, 0) is 0 Å². The molecule has 1 aromatic carbocycles. The minimum absolute atomic E-state index is 0.0849. The van der Waals surface area contributed by atoms with E-state index in [4.69, 9.17) is 0 Å². The molecule has 1 heterocycles. The van der Waals surface area contributed by atoms with Crippen molar-refractivity contribution < 1.29 is 14.0 Å². The van der Waals surface area contributed by atoms with Gasteiger partial charge in [0.1, 0.15) is 5.82 Å². The fraction of sp³-hybridized carbons (Fsp3) is 0.467. The number of nitrogens with one attached hydrogen (secondary N) is 2. The van der Waals surface area contributed by atoms with Gasteiger partial charge in [0.05, 0.1) is 11.3 Å². The number of rotatable bonds is 3. The maximum Gasteiger partial charge on any atom is 0.319 e. The molecular formula is C15H21FN4O2. The molecule has 1 fully saturated rings. The van der Waals surface area contributed by atoms with Gasteiger partial charge < -0.3 is 20.4 Å². The molecule has 1 aliphatic rings. The van der Waals surface area contributed by atoms with Gasteiger partial charge in [0, 0.05) is 32.7 Å². The van der Waals surface area contributed by atoms with E-state index in [9.17, 15) is 14.0 Å². The number of carbonyl (C=O) groups excluding carboxylic acids is 2. The molecule has 2 N–H and O–H groups in total. The van der Waals surface area contributed by atoms with Crippen LogP contribution in [-0.4, -0.2) is 61.5 Å². The molecule has 7 heteroatoms. The number of nitrogens with zero attached hydrogens (tertiary/aromatic N) is 2. The average molecular weight is 308 g/mol. The quantitative estimate of drug-likeness (QED) is 0.886. The largest absolute Gasteiger partial charge is 0.338 e. The van der Waals surface area contributed by atoms with Gasteiger partial charge in [-0.05, 0) is 26.1 Å². The Morgan fingerprint density at radius 2 is 1.91 bits per heavy atom. The van der Waals surface area contributed by atoms with E-state index in [-0.39, 0.29) is 11.3 Å². The van der Waals surface area contributed by atoms with Gasteiger partial charge in [-0.25, -0.2) is 9.18 Å². The van der Waals surface area contributed by atoms with Gasteiger partial charge >= 0.3 is 6.03 Å². The van der Waals surface area contributed by atoms with E-state index < -0.39 is 17.8 Å². The zero-order chi connectivity index (χ0) is 16.1. The SMILES string of the molecule is CCNC(=O)Nc1cccc(F)c1C(=O)N1CCN(C)CC1. The molecule has 0 unspecified atom stereocenters. The molecule has 0 aliphatic carbocycles. The molecule has 1 aliphatic heterocycles. The highest BCUT2D eigenvalue weighted by Crippen LogP contribution is 2.21. The summed E-state index contributed by atoms with van der Waals surface area (Å²) in [6.07, 6.45) is 0. The van der Waals surface area contributed by atoms with E-state index in [0.717, 1.165) is 13.1 Å². The summed E-state index contributed by atoms with van der Waals surface area (Å²) in [6.45, 7) is 4.82. The average Bonchev–Trinajstić information content (AvgIpc) is 2.48. The lowest BCUT2D eigenvalue weighted by Crippen LogP contribution is -2.47. The second-order valence-electron chi connectivity index (χ2n) is 5.24. The van der Waals surface area contributed by atoms with Crippen molar-refractivity contribution in [3.8, 4) is 0 Å². The molecule has 1 aromatic rings. The van der Waals surface area contributed by atoms with Gasteiger partial charge in [0.25, 0.3) is 5.91 Å². The summed E-state index contributed by atoms with van der Waals surface area (Å²) < 4.78 is 14.1. The second-order valence-corrected chi connectivity index (χ2v) is 5.24. The Morgan fingerprint density at radius 3 is 2.55 bits per heavy atom. The maximum absolute atomic E-state index is 14.1. The van der Waals surface area contributed by atoms with Crippen molar-refractivity contribution in [2.45, 2.75) is 6.92 Å². The Labute approximate surface area is 129 Å². The Bertz CT molecular complexity index is 556. The Kier molecular flexibility index (Phi) is 5.32. The van der Waals surface area contributed by atoms with E-state index in [1.165, 1.54) is 18.2 Å². The molecule has 0 saturated carbocycles. The van der Waals surface area contributed by atoms with Crippen LogP contribution in [0.25, 0.3) is 0 Å². The van der Waals surface area contributed by atoms with Crippen molar-refractivity contribution in [3.63, 3.8) is 0 Å². The predicted molar refractivity (Wildman–Crippen MR) is 82.5 cm³/mol. The number of halogens is 1. The van der Waals surface area contributed by atoms with Crippen LogP contribution in [0.1, 0.15) is 17.3 Å². The van der Waals surface area contributed by atoms with Crippen LogP contribution in [0.4, 0.5) is 14.9 Å². The normalized spacial score (nSPS) is 15.5. The number of hydrogen-bond acceptors (Lipinski definition) is 3. The number of benzene rings is 1. The molecule has 0 radical (unpaired) electrons. The predicted octanol–water partition coefficient (Wildman–Crippen LogP) is 1.35. The molecule has 22 heavy (non-hydrogen) atoms. The third kappa shape index (κ3) is 3.73. The molecule has 0 aromatic heterocycles. The molecule has 1 saturated heterocycles. The topological polar surface area (TPSA) is 64.7 Å². The van der Waals surface area contributed by atoms with Crippen molar-refractivity contribution in [2.24, 2.45) is 0 Å². The van der Waals surface area contributed by atoms with Gasteiger partial charge in [-0.1, -0.05) is 6.07 Å². The number of urea groups is 1. The third-order valence-electron chi connectivity index (χ3n) is 3.60. The first-order valence-electron chi connectivity index (χ1n) is 7.34. The Balaban J connectivity index is 2.21. The zero-order valence-corrected chi connectivity index (χ0v) is 12.9. The third-order valence-corrected chi connectivity index (χ3v) is 3.60. The zero-order valence-electron chi connectivity index (χ0n) is 12.9. The highest BCUT2D eigenvalue weighted by atomic mass is 19.1. The van der Waals surface area contributed by atoms with Gasteiger partial charge in [-0.15, -0.1) is 0 Å². The number of piperazine rings is 1. The van der Waals surface area contributed by atoms with Crippen LogP contribution < -0.4 is 10.6 Å². The molecule has 2 rings (SSSR count). The number of carbonyl (C=O) groups is 2. The standard InChI is InChI=1S/C15H21FN4O2/c1-3-17-15(22)18-12-6-4-5-11(16)13(12)14(21)20-9-7-19(2)8-10-20/h4-6H,3,7-10H2,1-2H3,(H2,17,18,22). The summed E-state index contributed by atoms with van der Waals surface area (Å²) in [4.78, 5) is 27.9. The van der Waals surface area contributed by atoms with E-state index in [2.05, 4.69) is 15.5 Å². The first-order chi connectivity index (χ1) is 10.5. The van der Waals surface area contributed by atoms with Gasteiger partial charge in [0.15, 0.2) is 0 Å². The fourth-order valence-corrected chi connectivity index (χ4v) is 2.34. The van der Waals surface area contributed by atoms with Crippen LogP contribution in [0.3, 0.4) is 0 Å². The van der Waals surface area contributed by atoms with Crippen molar-refractivity contribution in [3.05, 3.63) is 29.6 Å². The van der Waals surface area contributed by atoms with Crippen molar-refractivity contribution >= 4 is 17.6 Å². The van der Waals surface area contributed by atoms with Crippen molar-refractivity contribution in [1.29, 1.82) is 0 Å². The smallest absolute Gasteiger partial charge is 0.319 e. The van der Waals surface area contributed by atoms with Crippen LogP contribution >= 0.6 is 0 Å². The summed E-state index contributed by atoms with van der Waals surface area (Å²) in [5, 5.41) is 5.09. The first kappa shape index (κ1) is 16.2. The minimum Gasteiger partial charge on any atom is -0.338 e. The molecule has 0 atom stereocenters. The number of anilines is 1. The lowest BCUT2D eigenvalue weighted by Gasteiger charge is -2.32. The summed E-state index contributed by atoms with van der Waals surface area (Å²) in [5.74, 6) is -1.02. The summed E-state index contributed by atoms with van der Waals surface area (Å²) in [7, 11) is 1.98. The second kappa shape index (κ2) is 7.22. The van der Waals surface area contributed by atoms with E-state index in [1.54, 1.807) is 11.8 Å². The molecule has 6 nitrogen and oxygen atoms in total. The van der Waals surface area contributed by atoms with Crippen LogP contribution in [0, 0.1) is 5.82 Å². The number of likely N-dealkylation sites (N-methyl/N-ethyl adjacent to an activating group) is 1. The van der Waals surface area contributed by atoms with Gasteiger partial charge in [-0.2, -0.15) is 0 Å². The van der Waals surface area contributed by atoms with Gasteiger partial charge in [0.2, 0.25) is 0 Å². The molecule has 0 spiro atoms. The first-order valence-corrected chi connectivity index (χ1v) is 7.34. The van der Waals surface area contributed by atoms with Gasteiger partial charge in [-0.3, -0.25) is 4.79 Å². The van der Waals surface area contributed by atoms with Crippen LogP contribution in [0.5, 0.6) is 0 Å². The lowest BCUT2D eigenvalue weighted by molar-refractivity contribution is 0.0660. The molecule has 120 valence electrons. The highest BCUT2D eigenvalue weighted by Gasteiger charge is 2.25.